The summed E-state index contributed by atoms with van der Waals surface area (Å²) < 4.78 is 70.8. The maximum atomic E-state index is 15.7. The van der Waals surface area contributed by atoms with Gasteiger partial charge in [-0.3, -0.25) is 4.72 Å². The molecule has 0 unspecified atom stereocenters. The van der Waals surface area contributed by atoms with Gasteiger partial charge in [-0.1, -0.05) is 26.8 Å². The fourth-order valence-electron chi connectivity index (χ4n) is 3.29. The van der Waals surface area contributed by atoms with Gasteiger partial charge in [0.05, 0.1) is 21.3 Å². The van der Waals surface area contributed by atoms with Crippen molar-refractivity contribution in [3.05, 3.63) is 77.2 Å². The van der Waals surface area contributed by atoms with Gasteiger partial charge in [-0.25, -0.2) is 31.6 Å². The lowest BCUT2D eigenvalue weighted by Crippen LogP contribution is -2.16. The molecule has 0 fully saturated rings. The van der Waals surface area contributed by atoms with Gasteiger partial charge in [0, 0.05) is 17.2 Å². The van der Waals surface area contributed by atoms with Gasteiger partial charge in [-0.05, 0) is 48.0 Å². The van der Waals surface area contributed by atoms with Crippen molar-refractivity contribution in [1.82, 2.24) is 9.97 Å². The zero-order valence-electron chi connectivity index (χ0n) is 18.9. The molecule has 0 amide bonds. The molecule has 0 aliphatic carbocycles. The number of halogens is 3. The summed E-state index contributed by atoms with van der Waals surface area (Å²) in [4.78, 5) is 8.35. The molecule has 0 spiro atoms. The zero-order valence-corrected chi connectivity index (χ0v) is 20.6. The van der Waals surface area contributed by atoms with Crippen LogP contribution in [-0.2, 0) is 15.4 Å². The number of thiazole rings is 1. The summed E-state index contributed by atoms with van der Waals surface area (Å²) >= 11 is 1.36. The van der Waals surface area contributed by atoms with Gasteiger partial charge in [-0.2, -0.15) is 0 Å². The second-order valence-electron chi connectivity index (χ2n) is 8.76. The molecule has 0 saturated heterocycles. The van der Waals surface area contributed by atoms with E-state index >= 15 is 4.39 Å². The highest BCUT2D eigenvalue weighted by Gasteiger charge is 2.27. The fourth-order valence-corrected chi connectivity index (χ4v) is 5.57. The van der Waals surface area contributed by atoms with Crippen molar-refractivity contribution in [1.29, 1.82) is 0 Å². The number of benzene rings is 2. The van der Waals surface area contributed by atoms with Crippen LogP contribution in [0.25, 0.3) is 21.7 Å². The second-order valence-corrected chi connectivity index (χ2v) is 11.4. The van der Waals surface area contributed by atoms with E-state index in [0.717, 1.165) is 11.1 Å². The Bertz CT molecular complexity index is 1530. The Hall–Kier alpha value is -3.44. The van der Waals surface area contributed by atoms with E-state index in [-0.39, 0.29) is 16.8 Å². The second kappa shape index (κ2) is 8.97. The Morgan fingerprint density at radius 2 is 1.77 bits per heavy atom. The minimum atomic E-state index is -4.62. The van der Waals surface area contributed by atoms with E-state index in [1.54, 1.807) is 12.1 Å². The highest BCUT2D eigenvalue weighted by Crippen LogP contribution is 2.42. The molecular weight excluding hydrogens is 497 g/mol. The average Bonchev–Trinajstić information content (AvgIpc) is 3.22. The SMILES string of the molecule is CC(C)(C)c1nc(-c2cccc(NS(=O)(=O)c3cc(F)ccc3F)c2F)c(-c2ccnc(N)c2)s1. The zero-order chi connectivity index (χ0) is 25.5. The molecular formula is C24H21F3N4O2S2. The molecule has 2 aromatic heterocycles. The van der Waals surface area contributed by atoms with Gasteiger partial charge in [0.25, 0.3) is 10.0 Å². The fraction of sp³-hybridized carbons (Fsp3) is 0.167. The topological polar surface area (TPSA) is 98.0 Å². The predicted octanol–water partition coefficient (Wildman–Crippen LogP) is 5.97. The van der Waals surface area contributed by atoms with E-state index in [4.69, 9.17) is 5.73 Å². The normalized spacial score (nSPS) is 12.1. The average molecular weight is 519 g/mol. The third-order valence-corrected chi connectivity index (χ3v) is 7.90. The number of anilines is 2. The molecule has 6 nitrogen and oxygen atoms in total. The molecule has 4 aromatic rings. The Labute approximate surface area is 204 Å². The molecule has 4 rings (SSSR count). The first-order valence-corrected chi connectivity index (χ1v) is 12.7. The van der Waals surface area contributed by atoms with Gasteiger partial charge in [0.2, 0.25) is 0 Å². The maximum absolute atomic E-state index is 15.7. The molecule has 2 heterocycles. The lowest BCUT2D eigenvalue weighted by Gasteiger charge is -2.14. The number of rotatable bonds is 5. The monoisotopic (exact) mass is 518 g/mol. The quantitative estimate of drug-likeness (QED) is 0.339. The Balaban J connectivity index is 1.84. The number of aromatic nitrogens is 2. The number of nitrogens with one attached hydrogen (secondary N) is 1. The van der Waals surface area contributed by atoms with Crippen LogP contribution >= 0.6 is 11.3 Å². The molecule has 35 heavy (non-hydrogen) atoms. The Kier molecular flexibility index (Phi) is 6.32. The molecule has 0 saturated carbocycles. The van der Waals surface area contributed by atoms with E-state index in [2.05, 4.69) is 9.97 Å². The lowest BCUT2D eigenvalue weighted by molar-refractivity contribution is 0.555. The smallest absolute Gasteiger partial charge is 0.265 e. The minimum Gasteiger partial charge on any atom is -0.384 e. The van der Waals surface area contributed by atoms with Crippen molar-refractivity contribution in [2.75, 3.05) is 10.5 Å². The number of nitrogen functional groups attached to an aromatic ring is 1. The van der Waals surface area contributed by atoms with E-state index in [0.29, 0.717) is 28.3 Å². The standard InChI is InChI=1S/C24H21F3N4O2S2/c1-24(2,3)23-30-21(22(34-23)13-9-10-29-19(28)11-13)15-5-4-6-17(20(15)27)31-35(32,33)18-12-14(25)7-8-16(18)26/h4-12,31H,1-3H3,(H2,28,29). The first-order chi connectivity index (χ1) is 16.4. The van der Waals surface area contributed by atoms with Gasteiger partial charge in [0.15, 0.2) is 5.82 Å². The Morgan fingerprint density at radius 3 is 2.46 bits per heavy atom. The van der Waals surface area contributed by atoms with Crippen molar-refractivity contribution in [2.24, 2.45) is 0 Å². The number of hydrogen-bond donors (Lipinski definition) is 2. The van der Waals surface area contributed by atoms with Gasteiger partial charge in [0.1, 0.15) is 22.3 Å². The maximum Gasteiger partial charge on any atom is 0.265 e. The molecule has 3 N–H and O–H groups in total. The summed E-state index contributed by atoms with van der Waals surface area (Å²) in [6.45, 7) is 5.90. The molecule has 0 bridgehead atoms. The largest absolute Gasteiger partial charge is 0.384 e. The van der Waals surface area contributed by atoms with Crippen LogP contribution in [0.1, 0.15) is 25.8 Å². The van der Waals surface area contributed by atoms with Crippen LogP contribution in [0.4, 0.5) is 24.7 Å². The van der Waals surface area contributed by atoms with Crippen molar-refractivity contribution >= 4 is 32.9 Å². The summed E-state index contributed by atoms with van der Waals surface area (Å²) in [5.41, 5.74) is 6.06. The summed E-state index contributed by atoms with van der Waals surface area (Å²) in [5, 5.41) is 0.727. The van der Waals surface area contributed by atoms with E-state index in [1.165, 1.54) is 35.7 Å². The molecule has 0 aliphatic heterocycles. The van der Waals surface area contributed by atoms with Crippen LogP contribution in [0.3, 0.4) is 0 Å². The van der Waals surface area contributed by atoms with Gasteiger partial charge >= 0.3 is 0 Å². The molecule has 2 aromatic carbocycles. The van der Waals surface area contributed by atoms with Crippen LogP contribution in [0.15, 0.2) is 59.6 Å². The number of hydrogen-bond acceptors (Lipinski definition) is 6. The number of sulfonamides is 1. The molecule has 11 heteroatoms. The van der Waals surface area contributed by atoms with Crippen molar-refractivity contribution in [3.63, 3.8) is 0 Å². The predicted molar refractivity (Wildman–Crippen MR) is 131 cm³/mol. The van der Waals surface area contributed by atoms with Crippen molar-refractivity contribution < 1.29 is 21.6 Å². The first kappa shape index (κ1) is 24.7. The van der Waals surface area contributed by atoms with Gasteiger partial charge < -0.3 is 5.73 Å². The molecule has 0 aliphatic rings. The molecule has 182 valence electrons. The third-order valence-electron chi connectivity index (χ3n) is 4.99. The summed E-state index contributed by atoms with van der Waals surface area (Å²) in [7, 11) is -4.62. The van der Waals surface area contributed by atoms with E-state index < -0.39 is 38.1 Å². The summed E-state index contributed by atoms with van der Waals surface area (Å²) in [5.74, 6) is -2.75. The highest BCUT2D eigenvalue weighted by molar-refractivity contribution is 7.92. The van der Waals surface area contributed by atoms with Crippen molar-refractivity contribution in [2.45, 2.75) is 31.1 Å². The minimum absolute atomic E-state index is 0.0297. The van der Waals surface area contributed by atoms with Crippen LogP contribution in [0, 0.1) is 17.5 Å². The van der Waals surface area contributed by atoms with Crippen LogP contribution in [0.5, 0.6) is 0 Å². The summed E-state index contributed by atoms with van der Waals surface area (Å²) in [6.07, 6.45) is 1.53. The van der Waals surface area contributed by atoms with Gasteiger partial charge in [-0.15, -0.1) is 11.3 Å². The molecule has 0 atom stereocenters. The van der Waals surface area contributed by atoms with Crippen molar-refractivity contribution in [3.8, 4) is 21.7 Å². The van der Waals surface area contributed by atoms with Crippen LogP contribution in [0.2, 0.25) is 0 Å². The Morgan fingerprint density at radius 1 is 1.03 bits per heavy atom. The van der Waals surface area contributed by atoms with Crippen LogP contribution in [-0.4, -0.2) is 18.4 Å². The number of pyridine rings is 1. The third kappa shape index (κ3) is 5.01. The van der Waals surface area contributed by atoms with E-state index in [9.17, 15) is 17.2 Å². The number of nitrogens with zero attached hydrogens (tertiary/aromatic N) is 2. The number of nitrogens with two attached hydrogens (primary N) is 1. The van der Waals surface area contributed by atoms with Crippen LogP contribution < -0.4 is 10.5 Å². The van der Waals surface area contributed by atoms with E-state index in [1.807, 2.05) is 25.5 Å². The lowest BCUT2D eigenvalue weighted by atomic mass is 9.98. The highest BCUT2D eigenvalue weighted by atomic mass is 32.2. The summed E-state index contributed by atoms with van der Waals surface area (Å²) in [6, 6.07) is 9.46. The first-order valence-electron chi connectivity index (χ1n) is 10.4. The molecule has 0 radical (unpaired) electrons.